The third-order valence-corrected chi connectivity index (χ3v) is 8.70. The van der Waals surface area contributed by atoms with E-state index in [2.05, 4.69) is 21.8 Å². The van der Waals surface area contributed by atoms with E-state index >= 15 is 0 Å². The van der Waals surface area contributed by atoms with Crippen molar-refractivity contribution in [3.63, 3.8) is 0 Å². The van der Waals surface area contributed by atoms with Crippen molar-refractivity contribution in [3.05, 3.63) is 89.0 Å². The minimum absolute atomic E-state index is 0.00265. The van der Waals surface area contributed by atoms with E-state index in [0.29, 0.717) is 6.42 Å². The van der Waals surface area contributed by atoms with Crippen LogP contribution in [0.5, 0.6) is 5.75 Å². The average Bonchev–Trinajstić information content (AvgIpc) is 3.84. The third-order valence-electron chi connectivity index (χ3n) is 8.70. The minimum atomic E-state index is -0.0761. The highest BCUT2D eigenvalue weighted by molar-refractivity contribution is 5.81. The molecule has 9 heteroatoms. The van der Waals surface area contributed by atoms with E-state index in [1.165, 1.54) is 0 Å². The van der Waals surface area contributed by atoms with Crippen molar-refractivity contribution in [1.29, 1.82) is 0 Å². The molecule has 4 heterocycles. The second kappa shape index (κ2) is 11.5. The molecule has 5 aromatic rings. The summed E-state index contributed by atoms with van der Waals surface area (Å²) in [7, 11) is 1.63. The number of fused-ring (bicyclic) bond motifs is 2. The lowest BCUT2D eigenvalue weighted by atomic mass is 10.1. The highest BCUT2D eigenvalue weighted by Crippen LogP contribution is 2.33. The standard InChI is InChI=1S/C35H34N6O3/c1-22(42)40-16-4-8-31(40)34-36-27-14-12-23(19-29(27)38-34)10-11-24-13-15-28-30(20-24)39-35(37-28)32-9-5-17-41(32)33(43)21-25-6-3-7-26(18-25)44-2/h3,6-7,12-15,18-20,31-32H,4-5,8-9,16-17,21H2,1-2H3,(H,36,38)(H,37,39)/t31-,32-/m0/s1. The zero-order valence-corrected chi connectivity index (χ0v) is 24.9. The normalized spacial score (nSPS) is 18.1. The van der Waals surface area contributed by atoms with Crippen molar-refractivity contribution in [2.75, 3.05) is 20.2 Å². The Morgan fingerprint density at radius 1 is 0.841 bits per heavy atom. The van der Waals surface area contributed by atoms with E-state index in [0.717, 1.165) is 94.9 Å². The lowest BCUT2D eigenvalue weighted by Crippen LogP contribution is -2.32. The van der Waals surface area contributed by atoms with Gasteiger partial charge in [0.05, 0.1) is 47.7 Å². The van der Waals surface area contributed by atoms with Crippen molar-refractivity contribution in [2.45, 2.75) is 51.1 Å². The van der Waals surface area contributed by atoms with Gasteiger partial charge in [-0.25, -0.2) is 9.97 Å². The Bertz CT molecular complexity index is 1950. The summed E-state index contributed by atoms with van der Waals surface area (Å²) >= 11 is 0. The molecule has 9 nitrogen and oxygen atoms in total. The number of methoxy groups -OCH3 is 1. The first-order valence-electron chi connectivity index (χ1n) is 15.2. The molecule has 2 fully saturated rings. The molecule has 0 saturated carbocycles. The molecule has 0 spiro atoms. The lowest BCUT2D eigenvalue weighted by molar-refractivity contribution is -0.131. The summed E-state index contributed by atoms with van der Waals surface area (Å²) in [6, 6.07) is 19.5. The van der Waals surface area contributed by atoms with Crippen LogP contribution in [0, 0.1) is 11.8 Å². The van der Waals surface area contributed by atoms with Gasteiger partial charge in [-0.3, -0.25) is 9.59 Å². The number of aromatic amines is 2. The summed E-state index contributed by atoms with van der Waals surface area (Å²) in [5.41, 5.74) is 6.24. The van der Waals surface area contributed by atoms with E-state index in [1.54, 1.807) is 14.0 Å². The SMILES string of the molecule is COc1cccc(CC(=O)N2CCC[C@H]2c2nc3ccc(C#Cc4ccc5nc([C@@H]6CCCN6C(C)=O)[nH]c5c4)cc3[nH]2)c1. The van der Waals surface area contributed by atoms with Gasteiger partial charge in [0.15, 0.2) is 0 Å². The molecule has 2 aliphatic rings. The van der Waals surface area contributed by atoms with Crippen molar-refractivity contribution in [2.24, 2.45) is 0 Å². The van der Waals surface area contributed by atoms with Crippen LogP contribution in [0.1, 0.15) is 73.0 Å². The first kappa shape index (κ1) is 27.7. The number of aromatic nitrogens is 4. The maximum absolute atomic E-state index is 13.3. The number of H-pyrrole nitrogens is 2. The number of hydrogen-bond acceptors (Lipinski definition) is 5. The van der Waals surface area contributed by atoms with Gasteiger partial charge in [0.1, 0.15) is 17.4 Å². The van der Waals surface area contributed by atoms with Crippen molar-refractivity contribution < 1.29 is 14.3 Å². The molecule has 222 valence electrons. The molecular weight excluding hydrogens is 552 g/mol. The van der Waals surface area contributed by atoms with Gasteiger partial charge in [0, 0.05) is 31.1 Å². The molecule has 44 heavy (non-hydrogen) atoms. The lowest BCUT2D eigenvalue weighted by Gasteiger charge is -2.23. The fraction of sp³-hybridized carbons (Fsp3) is 0.314. The van der Waals surface area contributed by atoms with Crippen LogP contribution in [0.4, 0.5) is 0 Å². The van der Waals surface area contributed by atoms with E-state index in [-0.39, 0.29) is 23.9 Å². The smallest absolute Gasteiger partial charge is 0.227 e. The largest absolute Gasteiger partial charge is 0.497 e. The highest BCUT2D eigenvalue weighted by atomic mass is 16.5. The maximum Gasteiger partial charge on any atom is 0.227 e. The fourth-order valence-electron chi connectivity index (χ4n) is 6.51. The number of likely N-dealkylation sites (tertiary alicyclic amines) is 2. The van der Waals surface area contributed by atoms with Gasteiger partial charge < -0.3 is 24.5 Å². The summed E-state index contributed by atoms with van der Waals surface area (Å²) in [4.78, 5) is 45.7. The molecular formula is C35H34N6O3. The second-order valence-electron chi connectivity index (χ2n) is 11.6. The zero-order valence-electron chi connectivity index (χ0n) is 24.9. The first-order chi connectivity index (χ1) is 21.4. The topological polar surface area (TPSA) is 107 Å². The molecule has 0 unspecified atom stereocenters. The number of hydrogen-bond donors (Lipinski definition) is 2. The number of imidazole rings is 2. The molecule has 0 aliphatic carbocycles. The van der Waals surface area contributed by atoms with Gasteiger partial charge in [-0.05, 0) is 79.8 Å². The highest BCUT2D eigenvalue weighted by Gasteiger charge is 2.32. The molecule has 3 aromatic carbocycles. The molecule has 2 saturated heterocycles. The van der Waals surface area contributed by atoms with Gasteiger partial charge in [0.25, 0.3) is 0 Å². The Hall–Kier alpha value is -5.10. The van der Waals surface area contributed by atoms with Gasteiger partial charge >= 0.3 is 0 Å². The Morgan fingerprint density at radius 2 is 1.43 bits per heavy atom. The fourth-order valence-corrected chi connectivity index (χ4v) is 6.51. The van der Waals surface area contributed by atoms with Crippen LogP contribution in [-0.4, -0.2) is 61.7 Å². The summed E-state index contributed by atoms with van der Waals surface area (Å²) in [6.45, 7) is 3.11. The molecule has 0 radical (unpaired) electrons. The van der Waals surface area contributed by atoms with Crippen molar-refractivity contribution in [1.82, 2.24) is 29.7 Å². The Balaban J connectivity index is 1.08. The number of ether oxygens (including phenoxy) is 1. The van der Waals surface area contributed by atoms with E-state index < -0.39 is 0 Å². The van der Waals surface area contributed by atoms with E-state index in [1.807, 2.05) is 70.5 Å². The molecule has 0 bridgehead atoms. The van der Waals surface area contributed by atoms with Crippen LogP contribution < -0.4 is 4.74 Å². The van der Waals surface area contributed by atoms with Gasteiger partial charge in [0.2, 0.25) is 11.8 Å². The van der Waals surface area contributed by atoms with Gasteiger partial charge in [-0.2, -0.15) is 0 Å². The number of benzene rings is 3. The molecule has 2 amide bonds. The minimum Gasteiger partial charge on any atom is -0.497 e. The number of rotatable bonds is 5. The summed E-state index contributed by atoms with van der Waals surface area (Å²) < 4.78 is 5.32. The Labute approximate surface area is 255 Å². The van der Waals surface area contributed by atoms with Crippen molar-refractivity contribution >= 4 is 33.9 Å². The van der Waals surface area contributed by atoms with Crippen LogP contribution >= 0.6 is 0 Å². The Morgan fingerprint density at radius 3 is 2.02 bits per heavy atom. The molecule has 2 N–H and O–H groups in total. The van der Waals surface area contributed by atoms with E-state index in [9.17, 15) is 9.59 Å². The molecule has 2 aliphatic heterocycles. The third kappa shape index (κ3) is 5.39. The van der Waals surface area contributed by atoms with Crippen molar-refractivity contribution in [3.8, 4) is 17.6 Å². The number of carbonyl (C=O) groups excluding carboxylic acids is 2. The average molecular weight is 587 g/mol. The van der Waals surface area contributed by atoms with Crippen LogP contribution in [0.15, 0.2) is 60.7 Å². The first-order valence-corrected chi connectivity index (χ1v) is 15.2. The van der Waals surface area contributed by atoms with Gasteiger partial charge in [-0.1, -0.05) is 24.0 Å². The summed E-state index contributed by atoms with van der Waals surface area (Å²) in [5.74, 6) is 9.14. The van der Waals surface area contributed by atoms with Crippen LogP contribution in [-0.2, 0) is 16.0 Å². The van der Waals surface area contributed by atoms with E-state index in [4.69, 9.17) is 14.7 Å². The van der Waals surface area contributed by atoms with Crippen LogP contribution in [0.3, 0.4) is 0 Å². The monoisotopic (exact) mass is 586 g/mol. The predicted octanol–water partition coefficient (Wildman–Crippen LogP) is 5.44. The number of nitrogens with one attached hydrogen (secondary N) is 2. The Kier molecular flexibility index (Phi) is 7.26. The zero-order chi connectivity index (χ0) is 30.2. The second-order valence-corrected chi connectivity index (χ2v) is 11.6. The quantitative estimate of drug-likeness (QED) is 0.267. The van der Waals surface area contributed by atoms with Crippen LogP contribution in [0.25, 0.3) is 22.1 Å². The summed E-state index contributed by atoms with van der Waals surface area (Å²) in [5, 5.41) is 0. The number of amides is 2. The van der Waals surface area contributed by atoms with Gasteiger partial charge in [-0.15, -0.1) is 0 Å². The number of nitrogens with zero attached hydrogens (tertiary/aromatic N) is 4. The molecule has 2 aromatic heterocycles. The molecule has 2 atom stereocenters. The maximum atomic E-state index is 13.3. The number of carbonyl (C=O) groups is 2. The predicted molar refractivity (Wildman–Crippen MR) is 168 cm³/mol. The van der Waals surface area contributed by atoms with Crippen LogP contribution in [0.2, 0.25) is 0 Å². The molecule has 7 rings (SSSR count). The summed E-state index contributed by atoms with van der Waals surface area (Å²) in [6.07, 6.45) is 4.06.